The predicted molar refractivity (Wildman–Crippen MR) is 92.0 cm³/mol. The molecule has 6 heteroatoms. The summed E-state index contributed by atoms with van der Waals surface area (Å²) in [5.41, 5.74) is 1.95. The zero-order valence-corrected chi connectivity index (χ0v) is 14.2. The summed E-state index contributed by atoms with van der Waals surface area (Å²) < 4.78 is 5.29. The molecule has 0 spiro atoms. The van der Waals surface area contributed by atoms with Crippen molar-refractivity contribution in [2.45, 2.75) is 13.0 Å². The van der Waals surface area contributed by atoms with E-state index in [-0.39, 0.29) is 11.3 Å². The molecule has 0 bridgehead atoms. The Morgan fingerprint density at radius 2 is 2.04 bits per heavy atom. The van der Waals surface area contributed by atoms with Gasteiger partial charge in [0.2, 0.25) is 0 Å². The lowest BCUT2D eigenvalue weighted by Gasteiger charge is -2.21. The van der Waals surface area contributed by atoms with Gasteiger partial charge >= 0.3 is 0 Å². The minimum absolute atomic E-state index is 0.0319. The largest absolute Gasteiger partial charge is 0.507 e. The van der Waals surface area contributed by atoms with Crippen molar-refractivity contribution in [2.24, 2.45) is 0 Å². The van der Waals surface area contributed by atoms with Gasteiger partial charge in [0.15, 0.2) is 0 Å². The molecule has 0 radical (unpaired) electrons. The number of amides is 1. The number of ether oxygens (including phenoxy) is 1. The summed E-state index contributed by atoms with van der Waals surface area (Å²) in [6.45, 7) is 1.87. The highest BCUT2D eigenvalue weighted by molar-refractivity contribution is 6.46. The number of likely N-dealkylation sites (tertiary alicyclic amines) is 1. The third-order valence-electron chi connectivity index (χ3n) is 4.29. The number of Topliss-reactive ketones (excluding diaryl/α,β-unsaturated/α-hetero) is 1. The van der Waals surface area contributed by atoms with Crippen molar-refractivity contribution >= 4 is 17.4 Å². The molecule has 1 saturated heterocycles. The van der Waals surface area contributed by atoms with Gasteiger partial charge in [-0.2, -0.15) is 0 Å². The lowest BCUT2D eigenvalue weighted by Crippen LogP contribution is -2.24. The first-order valence-corrected chi connectivity index (χ1v) is 7.75. The summed E-state index contributed by atoms with van der Waals surface area (Å²) in [6.07, 6.45) is 3.18. The van der Waals surface area contributed by atoms with Gasteiger partial charge in [-0.3, -0.25) is 14.6 Å². The van der Waals surface area contributed by atoms with Crippen LogP contribution in [0.3, 0.4) is 0 Å². The number of benzene rings is 1. The van der Waals surface area contributed by atoms with Crippen molar-refractivity contribution in [1.29, 1.82) is 0 Å². The maximum absolute atomic E-state index is 12.5. The van der Waals surface area contributed by atoms with Crippen LogP contribution in [0.2, 0.25) is 0 Å². The molecular weight excluding hydrogens is 320 g/mol. The number of rotatable bonds is 3. The van der Waals surface area contributed by atoms with Gasteiger partial charge in [0.1, 0.15) is 11.5 Å². The lowest BCUT2D eigenvalue weighted by atomic mass is 9.95. The van der Waals surface area contributed by atoms with Crippen molar-refractivity contribution in [1.82, 2.24) is 9.88 Å². The molecule has 1 aliphatic rings. The number of methoxy groups -OCH3 is 1. The average molecular weight is 338 g/mol. The molecule has 1 atom stereocenters. The van der Waals surface area contributed by atoms with E-state index in [0.717, 1.165) is 5.56 Å². The Hall–Kier alpha value is -3.15. The smallest absolute Gasteiger partial charge is 0.295 e. The number of nitrogens with zero attached hydrogens (tertiary/aromatic N) is 2. The molecule has 1 aliphatic heterocycles. The number of aliphatic hydroxyl groups is 1. The Bertz CT molecular complexity index is 874. The monoisotopic (exact) mass is 338 g/mol. The van der Waals surface area contributed by atoms with Gasteiger partial charge in [-0.25, -0.2) is 0 Å². The molecule has 1 fully saturated rings. The van der Waals surface area contributed by atoms with E-state index in [1.807, 2.05) is 13.0 Å². The highest BCUT2D eigenvalue weighted by Gasteiger charge is 2.44. The third kappa shape index (κ3) is 2.76. The molecule has 128 valence electrons. The molecular formula is C19H18N2O4. The van der Waals surface area contributed by atoms with Crippen LogP contribution in [-0.4, -0.2) is 40.8 Å². The highest BCUT2D eigenvalue weighted by atomic mass is 16.5. The summed E-state index contributed by atoms with van der Waals surface area (Å²) in [6, 6.07) is 8.06. The first-order valence-electron chi connectivity index (χ1n) is 7.75. The average Bonchev–Trinajstić information content (AvgIpc) is 2.86. The van der Waals surface area contributed by atoms with Crippen LogP contribution in [0.5, 0.6) is 5.75 Å². The number of hydrogen-bond acceptors (Lipinski definition) is 5. The van der Waals surface area contributed by atoms with E-state index in [4.69, 9.17) is 4.74 Å². The minimum Gasteiger partial charge on any atom is -0.507 e. The van der Waals surface area contributed by atoms with Crippen molar-refractivity contribution in [3.63, 3.8) is 0 Å². The number of aromatic nitrogens is 1. The topological polar surface area (TPSA) is 79.7 Å². The molecule has 6 nitrogen and oxygen atoms in total. The SMILES string of the molecule is COc1ccc(C)cc1/C(O)=C1\C(=O)C(=O)N(C)C1c1cccnc1. The molecule has 2 heterocycles. The summed E-state index contributed by atoms with van der Waals surface area (Å²) >= 11 is 0. The molecule has 0 aliphatic carbocycles. The first kappa shape index (κ1) is 16.7. The molecule has 3 rings (SSSR count). The van der Waals surface area contributed by atoms with Gasteiger partial charge in [-0.1, -0.05) is 17.7 Å². The fraction of sp³-hybridized carbons (Fsp3) is 0.211. The van der Waals surface area contributed by atoms with Crippen molar-refractivity contribution in [3.05, 3.63) is 65.0 Å². The number of aliphatic hydroxyl groups excluding tert-OH is 1. The minimum atomic E-state index is -0.725. The first-order chi connectivity index (χ1) is 12.0. The number of ketones is 1. The molecule has 1 unspecified atom stereocenters. The second kappa shape index (κ2) is 6.39. The van der Waals surface area contributed by atoms with E-state index >= 15 is 0 Å². The normalized spacial score (nSPS) is 19.3. The molecule has 2 aromatic rings. The van der Waals surface area contributed by atoms with Crippen molar-refractivity contribution in [3.8, 4) is 5.75 Å². The van der Waals surface area contributed by atoms with Gasteiger partial charge < -0.3 is 14.7 Å². The van der Waals surface area contributed by atoms with E-state index in [1.165, 1.54) is 19.1 Å². The molecule has 1 amide bonds. The Morgan fingerprint density at radius 3 is 2.68 bits per heavy atom. The zero-order chi connectivity index (χ0) is 18.1. The van der Waals surface area contributed by atoms with Gasteiger partial charge in [0, 0.05) is 19.4 Å². The van der Waals surface area contributed by atoms with Gasteiger partial charge in [-0.05, 0) is 30.7 Å². The highest BCUT2D eigenvalue weighted by Crippen LogP contribution is 2.39. The maximum Gasteiger partial charge on any atom is 0.295 e. The second-order valence-electron chi connectivity index (χ2n) is 5.90. The number of carbonyl (C=O) groups excluding carboxylic acids is 2. The van der Waals surface area contributed by atoms with Crippen LogP contribution in [0, 0.1) is 6.92 Å². The Balaban J connectivity index is 2.24. The molecule has 25 heavy (non-hydrogen) atoms. The predicted octanol–water partition coefficient (Wildman–Crippen LogP) is 2.45. The van der Waals surface area contributed by atoms with Crippen LogP contribution in [0.25, 0.3) is 5.76 Å². The van der Waals surface area contributed by atoms with Crippen molar-refractivity contribution < 1.29 is 19.4 Å². The van der Waals surface area contributed by atoms with E-state index < -0.39 is 17.7 Å². The fourth-order valence-corrected chi connectivity index (χ4v) is 3.03. The van der Waals surface area contributed by atoms with E-state index in [2.05, 4.69) is 4.98 Å². The van der Waals surface area contributed by atoms with Gasteiger partial charge in [0.25, 0.3) is 11.7 Å². The van der Waals surface area contributed by atoms with Crippen LogP contribution in [0.1, 0.15) is 22.7 Å². The second-order valence-corrected chi connectivity index (χ2v) is 5.90. The number of aryl methyl sites for hydroxylation is 1. The van der Waals surface area contributed by atoms with E-state index in [1.54, 1.807) is 36.7 Å². The van der Waals surface area contributed by atoms with E-state index in [9.17, 15) is 14.7 Å². The Kier molecular flexibility index (Phi) is 4.27. The quantitative estimate of drug-likeness (QED) is 0.528. The van der Waals surface area contributed by atoms with E-state index in [0.29, 0.717) is 16.9 Å². The summed E-state index contributed by atoms with van der Waals surface area (Å²) in [5.74, 6) is -1.22. The number of likely N-dealkylation sites (N-methyl/N-ethyl adjacent to an activating group) is 1. The van der Waals surface area contributed by atoms with Crippen LogP contribution in [-0.2, 0) is 9.59 Å². The summed E-state index contributed by atoms with van der Waals surface area (Å²) in [4.78, 5) is 30.1. The van der Waals surface area contributed by atoms with Crippen LogP contribution in [0.15, 0.2) is 48.3 Å². The van der Waals surface area contributed by atoms with Crippen LogP contribution >= 0.6 is 0 Å². The molecule has 0 saturated carbocycles. The standard InChI is InChI=1S/C19H18N2O4/c1-11-6-7-14(25-3)13(9-11)17(22)15-16(12-5-4-8-20-10-12)21(2)19(24)18(15)23/h4-10,16,22H,1-3H3/b17-15+. The number of hydrogen-bond donors (Lipinski definition) is 1. The van der Waals surface area contributed by atoms with Gasteiger partial charge in [-0.15, -0.1) is 0 Å². The lowest BCUT2D eigenvalue weighted by molar-refractivity contribution is -0.139. The summed E-state index contributed by atoms with van der Waals surface area (Å²) in [7, 11) is 3.02. The maximum atomic E-state index is 12.5. The Labute approximate surface area is 145 Å². The summed E-state index contributed by atoms with van der Waals surface area (Å²) in [5, 5.41) is 10.9. The molecule has 1 aromatic carbocycles. The van der Waals surface area contributed by atoms with Gasteiger partial charge in [0.05, 0.1) is 24.3 Å². The Morgan fingerprint density at radius 1 is 1.28 bits per heavy atom. The number of carbonyl (C=O) groups is 2. The zero-order valence-electron chi connectivity index (χ0n) is 14.2. The fourth-order valence-electron chi connectivity index (χ4n) is 3.03. The molecule has 1 N–H and O–H groups in total. The third-order valence-corrected chi connectivity index (χ3v) is 4.29. The van der Waals surface area contributed by atoms with Crippen LogP contribution in [0.4, 0.5) is 0 Å². The molecule has 1 aromatic heterocycles. The number of pyridine rings is 1. The van der Waals surface area contributed by atoms with Crippen molar-refractivity contribution in [2.75, 3.05) is 14.2 Å². The van der Waals surface area contributed by atoms with Crippen LogP contribution < -0.4 is 4.74 Å².